The van der Waals surface area contributed by atoms with E-state index < -0.39 is 25.7 Å². The molecular formula is C13H14BrClFNO3S. The number of carbonyl (C=O) groups excluding carboxylic acids is 1. The van der Waals surface area contributed by atoms with Crippen LogP contribution in [0.5, 0.6) is 0 Å². The van der Waals surface area contributed by atoms with Crippen LogP contribution >= 0.6 is 26.6 Å². The van der Waals surface area contributed by atoms with Crippen molar-refractivity contribution in [2.24, 2.45) is 5.92 Å². The number of halogens is 3. The molecule has 0 saturated heterocycles. The van der Waals surface area contributed by atoms with Crippen LogP contribution in [0.4, 0.5) is 4.39 Å². The van der Waals surface area contributed by atoms with Crippen LogP contribution in [-0.2, 0) is 9.05 Å². The number of rotatable bonds is 5. The molecule has 2 rings (SSSR count). The Kier molecular flexibility index (Phi) is 5.27. The zero-order valence-corrected chi connectivity index (χ0v) is 14.2. The molecule has 0 heterocycles. The summed E-state index contributed by atoms with van der Waals surface area (Å²) in [6, 6.07) is 1.87. The van der Waals surface area contributed by atoms with Gasteiger partial charge in [0.2, 0.25) is 0 Å². The molecule has 1 amide bonds. The highest BCUT2D eigenvalue weighted by Crippen LogP contribution is 2.29. The van der Waals surface area contributed by atoms with Crippen molar-refractivity contribution in [3.05, 3.63) is 28.0 Å². The van der Waals surface area contributed by atoms with Gasteiger partial charge >= 0.3 is 0 Å². The Bertz CT molecular complexity index is 662. The number of carbonyl (C=O) groups is 1. The molecule has 0 atom stereocenters. The number of nitrogens with one attached hydrogen (secondary N) is 1. The summed E-state index contributed by atoms with van der Waals surface area (Å²) in [5.41, 5.74) is 0.0456. The molecule has 8 heteroatoms. The molecule has 0 bridgehead atoms. The molecular weight excluding hydrogens is 385 g/mol. The van der Waals surface area contributed by atoms with Gasteiger partial charge in [-0.2, -0.15) is 0 Å². The van der Waals surface area contributed by atoms with E-state index in [-0.39, 0.29) is 10.0 Å². The van der Waals surface area contributed by atoms with Crippen molar-refractivity contribution in [2.75, 3.05) is 6.54 Å². The maximum absolute atomic E-state index is 13.6. The van der Waals surface area contributed by atoms with Crippen molar-refractivity contribution >= 4 is 41.6 Å². The van der Waals surface area contributed by atoms with Crippen LogP contribution in [0.1, 0.15) is 36.0 Å². The molecule has 0 aromatic heterocycles. The number of amides is 1. The minimum Gasteiger partial charge on any atom is -0.352 e. The molecule has 21 heavy (non-hydrogen) atoms. The molecule has 0 aliphatic heterocycles. The van der Waals surface area contributed by atoms with Crippen LogP contribution in [0.3, 0.4) is 0 Å². The first kappa shape index (κ1) is 16.7. The fourth-order valence-electron chi connectivity index (χ4n) is 2.16. The third kappa shape index (κ3) is 4.17. The van der Waals surface area contributed by atoms with Gasteiger partial charge in [-0.25, -0.2) is 12.8 Å². The Balaban J connectivity index is 2.12. The van der Waals surface area contributed by atoms with Gasteiger partial charge < -0.3 is 5.32 Å². The first-order valence-electron chi connectivity index (χ1n) is 6.51. The Morgan fingerprint density at radius 2 is 2.10 bits per heavy atom. The van der Waals surface area contributed by atoms with Gasteiger partial charge in [-0.3, -0.25) is 4.79 Å². The summed E-state index contributed by atoms with van der Waals surface area (Å²) in [6.45, 7) is 0.510. The van der Waals surface area contributed by atoms with E-state index >= 15 is 0 Å². The minimum atomic E-state index is -4.24. The molecule has 0 spiro atoms. The van der Waals surface area contributed by atoms with Crippen molar-refractivity contribution in [3.63, 3.8) is 0 Å². The molecule has 0 radical (unpaired) electrons. The van der Waals surface area contributed by atoms with Crippen LogP contribution in [0, 0.1) is 11.7 Å². The molecule has 1 aromatic carbocycles. The monoisotopic (exact) mass is 397 g/mol. The highest BCUT2D eigenvalue weighted by atomic mass is 79.9. The lowest BCUT2D eigenvalue weighted by atomic mass is 9.83. The standard InChI is InChI=1S/C13H14BrClFNO3S/c14-10-7-11(16)12(21(15,19)20)6-9(10)13(18)17-5-4-8-2-1-3-8/h6-8H,1-5H2,(H,17,18). The van der Waals surface area contributed by atoms with Gasteiger partial charge in [-0.15, -0.1) is 0 Å². The van der Waals surface area contributed by atoms with Crippen molar-refractivity contribution in [2.45, 2.75) is 30.6 Å². The van der Waals surface area contributed by atoms with E-state index in [1.807, 2.05) is 0 Å². The summed E-state index contributed by atoms with van der Waals surface area (Å²) in [5.74, 6) is -0.800. The molecule has 116 valence electrons. The van der Waals surface area contributed by atoms with E-state index in [4.69, 9.17) is 10.7 Å². The van der Waals surface area contributed by atoms with Crippen LogP contribution in [0.2, 0.25) is 0 Å². The zero-order valence-electron chi connectivity index (χ0n) is 11.0. The average Bonchev–Trinajstić information content (AvgIpc) is 2.30. The number of hydrogen-bond donors (Lipinski definition) is 1. The van der Waals surface area contributed by atoms with Crippen LogP contribution in [0.15, 0.2) is 21.5 Å². The first-order valence-corrected chi connectivity index (χ1v) is 9.61. The molecule has 0 unspecified atom stereocenters. The lowest BCUT2D eigenvalue weighted by molar-refractivity contribution is 0.0948. The summed E-state index contributed by atoms with van der Waals surface area (Å²) < 4.78 is 36.3. The Labute approximate surface area is 135 Å². The van der Waals surface area contributed by atoms with Crippen LogP contribution < -0.4 is 5.32 Å². The highest BCUT2D eigenvalue weighted by molar-refractivity contribution is 9.10. The third-order valence-corrected chi connectivity index (χ3v) is 5.58. The molecule has 1 aliphatic carbocycles. The quantitative estimate of drug-likeness (QED) is 0.773. The van der Waals surface area contributed by atoms with Gasteiger partial charge in [-0.1, -0.05) is 19.3 Å². The third-order valence-electron chi connectivity index (χ3n) is 3.59. The Morgan fingerprint density at radius 1 is 1.43 bits per heavy atom. The smallest absolute Gasteiger partial charge is 0.264 e. The Hall–Kier alpha value is -0.660. The second kappa shape index (κ2) is 6.62. The average molecular weight is 399 g/mol. The second-order valence-electron chi connectivity index (χ2n) is 5.04. The fraction of sp³-hybridized carbons (Fsp3) is 0.462. The van der Waals surface area contributed by atoms with E-state index in [2.05, 4.69) is 21.2 Å². The summed E-state index contributed by atoms with van der Waals surface area (Å²) >= 11 is 3.06. The van der Waals surface area contributed by atoms with Gasteiger partial charge in [0.25, 0.3) is 15.0 Å². The molecule has 4 nitrogen and oxygen atoms in total. The van der Waals surface area contributed by atoms with Crippen molar-refractivity contribution in [1.82, 2.24) is 5.32 Å². The molecule has 1 fully saturated rings. The van der Waals surface area contributed by atoms with Crippen molar-refractivity contribution in [3.8, 4) is 0 Å². The number of benzene rings is 1. The van der Waals surface area contributed by atoms with Gasteiger partial charge in [0.05, 0.1) is 5.56 Å². The lowest BCUT2D eigenvalue weighted by Gasteiger charge is -2.25. The predicted octanol–water partition coefficient (Wildman–Crippen LogP) is 3.44. The van der Waals surface area contributed by atoms with Gasteiger partial charge in [0.15, 0.2) is 0 Å². The highest BCUT2D eigenvalue weighted by Gasteiger charge is 2.22. The van der Waals surface area contributed by atoms with E-state index in [1.54, 1.807) is 0 Å². The van der Waals surface area contributed by atoms with E-state index in [1.165, 1.54) is 19.3 Å². The first-order chi connectivity index (χ1) is 9.79. The van der Waals surface area contributed by atoms with Gasteiger partial charge in [0, 0.05) is 21.7 Å². The lowest BCUT2D eigenvalue weighted by Crippen LogP contribution is -2.27. The fourth-order valence-corrected chi connectivity index (χ4v) is 3.56. The predicted molar refractivity (Wildman–Crippen MR) is 81.4 cm³/mol. The molecule has 1 N–H and O–H groups in total. The van der Waals surface area contributed by atoms with Crippen LogP contribution in [0.25, 0.3) is 0 Å². The zero-order chi connectivity index (χ0) is 15.6. The maximum atomic E-state index is 13.6. The molecule has 1 aromatic rings. The normalized spacial score (nSPS) is 15.6. The van der Waals surface area contributed by atoms with Crippen molar-refractivity contribution in [1.29, 1.82) is 0 Å². The maximum Gasteiger partial charge on any atom is 0.264 e. The van der Waals surface area contributed by atoms with Gasteiger partial charge in [0.1, 0.15) is 10.7 Å². The van der Waals surface area contributed by atoms with Crippen molar-refractivity contribution < 1.29 is 17.6 Å². The largest absolute Gasteiger partial charge is 0.352 e. The second-order valence-corrected chi connectivity index (χ2v) is 8.43. The summed E-state index contributed by atoms with van der Waals surface area (Å²) in [4.78, 5) is 11.3. The molecule has 1 aliphatic rings. The summed E-state index contributed by atoms with van der Waals surface area (Å²) in [6.07, 6.45) is 4.50. The summed E-state index contributed by atoms with van der Waals surface area (Å²) in [5, 5.41) is 2.71. The van der Waals surface area contributed by atoms with E-state index in [0.29, 0.717) is 12.5 Å². The number of hydrogen-bond acceptors (Lipinski definition) is 3. The SMILES string of the molecule is O=C(NCCC1CCC1)c1cc(S(=O)(=O)Cl)c(F)cc1Br. The minimum absolute atomic E-state index is 0.0456. The Morgan fingerprint density at radius 3 is 2.62 bits per heavy atom. The summed E-state index contributed by atoms with van der Waals surface area (Å²) in [7, 11) is 0.912. The molecule has 1 saturated carbocycles. The van der Waals surface area contributed by atoms with Gasteiger partial charge in [-0.05, 0) is 40.4 Å². The van der Waals surface area contributed by atoms with E-state index in [0.717, 1.165) is 18.6 Å². The topological polar surface area (TPSA) is 63.2 Å². The van der Waals surface area contributed by atoms with Crippen LogP contribution in [-0.4, -0.2) is 20.9 Å². The van der Waals surface area contributed by atoms with E-state index in [9.17, 15) is 17.6 Å².